The molecule has 0 atom stereocenters. The summed E-state index contributed by atoms with van der Waals surface area (Å²) < 4.78 is 67.0. The van der Waals surface area contributed by atoms with Crippen molar-refractivity contribution in [3.8, 4) is 0 Å². The maximum absolute atomic E-state index is 13.9. The van der Waals surface area contributed by atoms with Gasteiger partial charge in [-0.25, -0.2) is 23.2 Å². The number of anilines is 6. The Balaban J connectivity index is 0.890. The van der Waals surface area contributed by atoms with Gasteiger partial charge in [-0.3, -0.25) is 34.1 Å². The number of carbonyl (C=O) groups excluding carboxylic acids is 2. The Hall–Kier alpha value is -5.60. The first-order valence-corrected chi connectivity index (χ1v) is 20.8. The average molecular weight is 823 g/mol. The highest BCUT2D eigenvalue weighted by atomic mass is 32.2. The Morgan fingerprint density at radius 2 is 1.62 bits per heavy atom. The molecule has 0 bridgehead atoms. The molecule has 4 aromatic rings. The molecule has 7 rings (SSSR count). The summed E-state index contributed by atoms with van der Waals surface area (Å²) in [7, 11) is -2.34. The van der Waals surface area contributed by atoms with Crippen molar-refractivity contribution in [2.75, 3.05) is 83.9 Å². The molecule has 0 radical (unpaired) electrons. The summed E-state index contributed by atoms with van der Waals surface area (Å²) in [4.78, 5) is 49.2. The zero-order valence-corrected chi connectivity index (χ0v) is 32.9. The van der Waals surface area contributed by atoms with E-state index >= 15 is 0 Å². The molecule has 20 heteroatoms. The lowest BCUT2D eigenvalue weighted by molar-refractivity contribution is -0.137. The first-order chi connectivity index (χ1) is 27.7. The molecule has 3 N–H and O–H groups in total. The fourth-order valence-corrected chi connectivity index (χ4v) is 7.82. The van der Waals surface area contributed by atoms with E-state index in [9.17, 15) is 31.2 Å². The molecule has 0 aliphatic carbocycles. The molecule has 308 valence electrons. The summed E-state index contributed by atoms with van der Waals surface area (Å²) in [6, 6.07) is 14.6. The number of alkyl halides is 3. The zero-order chi connectivity index (χ0) is 41.0. The van der Waals surface area contributed by atoms with Crippen molar-refractivity contribution in [2.45, 2.75) is 44.6 Å². The van der Waals surface area contributed by atoms with Crippen molar-refractivity contribution >= 4 is 56.6 Å². The van der Waals surface area contributed by atoms with E-state index in [1.807, 2.05) is 36.4 Å². The first kappa shape index (κ1) is 40.6. The number of halogens is 3. The van der Waals surface area contributed by atoms with Gasteiger partial charge in [-0.05, 0) is 55.3 Å². The number of amides is 3. The van der Waals surface area contributed by atoms with Crippen molar-refractivity contribution in [1.82, 2.24) is 35.1 Å². The molecule has 3 aliphatic heterocycles. The molecule has 16 nitrogen and oxygen atoms in total. The fourth-order valence-electron chi connectivity index (χ4n) is 7.34. The second-order valence-corrected chi connectivity index (χ2v) is 16.5. The highest BCUT2D eigenvalue weighted by molar-refractivity contribution is 7.92. The van der Waals surface area contributed by atoms with Gasteiger partial charge in [0.1, 0.15) is 17.2 Å². The van der Waals surface area contributed by atoms with E-state index in [4.69, 9.17) is 0 Å². The average Bonchev–Trinajstić information content (AvgIpc) is 3.20. The molecule has 0 saturated carbocycles. The molecule has 1 aromatic carbocycles. The number of imide groups is 1. The molecule has 0 spiro atoms. The topological polar surface area (TPSA) is 172 Å². The molecule has 6 heterocycles. The van der Waals surface area contributed by atoms with E-state index in [0.29, 0.717) is 35.7 Å². The van der Waals surface area contributed by atoms with Crippen LogP contribution in [-0.4, -0.2) is 115 Å². The number of hydrogen-bond acceptors (Lipinski definition) is 13. The predicted molar refractivity (Wildman–Crippen MR) is 213 cm³/mol. The Bertz CT molecular complexity index is 2200. The molecule has 3 fully saturated rings. The quantitative estimate of drug-likeness (QED) is 0.185. The summed E-state index contributed by atoms with van der Waals surface area (Å²) in [5.41, 5.74) is 2.55. The molecule has 3 aliphatic rings. The highest BCUT2D eigenvalue weighted by Crippen LogP contribution is 2.35. The van der Waals surface area contributed by atoms with Gasteiger partial charge >= 0.3 is 12.2 Å². The summed E-state index contributed by atoms with van der Waals surface area (Å²) in [6.07, 6.45) is 2.40. The minimum atomic E-state index is -4.74. The molecule has 0 unspecified atom stereocenters. The number of hydrogen-bond donors (Lipinski definition) is 3. The third kappa shape index (κ3) is 9.74. The van der Waals surface area contributed by atoms with E-state index in [0.717, 1.165) is 80.6 Å². The highest BCUT2D eigenvalue weighted by Gasteiger charge is 2.36. The van der Waals surface area contributed by atoms with Crippen molar-refractivity contribution in [1.29, 1.82) is 0 Å². The van der Waals surface area contributed by atoms with E-state index < -0.39 is 33.6 Å². The Labute approximate surface area is 334 Å². The van der Waals surface area contributed by atoms with Crippen molar-refractivity contribution in [3.63, 3.8) is 0 Å². The monoisotopic (exact) mass is 822 g/mol. The lowest BCUT2D eigenvalue weighted by atomic mass is 10.0. The zero-order valence-electron chi connectivity index (χ0n) is 32.1. The number of aromatic nitrogens is 4. The molecule has 58 heavy (non-hydrogen) atoms. The normalized spacial score (nSPS) is 17.6. The van der Waals surface area contributed by atoms with Gasteiger partial charge < -0.3 is 15.5 Å². The maximum atomic E-state index is 13.9. The van der Waals surface area contributed by atoms with Gasteiger partial charge in [-0.1, -0.05) is 6.07 Å². The number of sulfonamides is 1. The van der Waals surface area contributed by atoms with Crippen LogP contribution in [0.5, 0.6) is 0 Å². The van der Waals surface area contributed by atoms with Crippen molar-refractivity contribution in [3.05, 3.63) is 83.9 Å². The second-order valence-electron chi connectivity index (χ2n) is 14.5. The van der Waals surface area contributed by atoms with Gasteiger partial charge in [0.15, 0.2) is 0 Å². The predicted octanol–water partition coefficient (Wildman–Crippen LogP) is 4.27. The smallest absolute Gasteiger partial charge is 0.371 e. The Kier molecular flexibility index (Phi) is 12.0. The molecular formula is C38H45F3N12O4S. The van der Waals surface area contributed by atoms with Crippen LogP contribution in [0.3, 0.4) is 0 Å². The van der Waals surface area contributed by atoms with Crippen LogP contribution in [-0.2, 0) is 34.1 Å². The number of benzene rings is 1. The second kappa shape index (κ2) is 17.1. The van der Waals surface area contributed by atoms with Gasteiger partial charge in [-0.15, -0.1) is 0 Å². The van der Waals surface area contributed by atoms with Crippen LogP contribution >= 0.6 is 0 Å². The summed E-state index contributed by atoms with van der Waals surface area (Å²) >= 11 is 0. The van der Waals surface area contributed by atoms with Crippen LogP contribution < -0.4 is 30.1 Å². The summed E-state index contributed by atoms with van der Waals surface area (Å²) in [5.74, 6) is -0.680. The number of rotatable bonds is 12. The van der Waals surface area contributed by atoms with Gasteiger partial charge in [-0.2, -0.15) is 18.2 Å². The molecule has 3 amide bonds. The SMILES string of the molecule is CN(c1ncccc1CNc1nc(Nc2ccc(N3CCC(N4CCN(Cc5ccc(N6CCC(=O)NC6=O)cn5)CC4)CC3)cc2)ncc1C(F)(F)F)S(C)(=O)=O. The lowest BCUT2D eigenvalue weighted by Crippen LogP contribution is -2.53. The van der Waals surface area contributed by atoms with E-state index in [2.05, 4.69) is 50.6 Å². The number of piperidine rings is 1. The third-order valence-corrected chi connectivity index (χ3v) is 11.8. The maximum Gasteiger partial charge on any atom is 0.421 e. The van der Waals surface area contributed by atoms with Crippen LogP contribution in [0.15, 0.2) is 67.1 Å². The molecule has 3 aromatic heterocycles. The number of urea groups is 1. The lowest BCUT2D eigenvalue weighted by Gasteiger charge is -2.43. The van der Waals surface area contributed by atoms with Crippen LogP contribution in [0.4, 0.5) is 52.6 Å². The van der Waals surface area contributed by atoms with Gasteiger partial charge in [0.2, 0.25) is 21.9 Å². The van der Waals surface area contributed by atoms with E-state index in [1.54, 1.807) is 18.3 Å². The Morgan fingerprint density at radius 1 is 0.897 bits per heavy atom. The number of nitrogens with zero attached hydrogens (tertiary/aromatic N) is 9. The van der Waals surface area contributed by atoms with E-state index in [1.165, 1.54) is 18.1 Å². The van der Waals surface area contributed by atoms with E-state index in [-0.39, 0.29) is 30.6 Å². The first-order valence-electron chi connectivity index (χ1n) is 18.9. The van der Waals surface area contributed by atoms with Gasteiger partial charge in [0, 0.05) is 108 Å². The number of pyridine rings is 2. The van der Waals surface area contributed by atoms with Gasteiger partial charge in [0.25, 0.3) is 0 Å². The summed E-state index contributed by atoms with van der Waals surface area (Å²) in [5, 5.41) is 8.04. The van der Waals surface area contributed by atoms with Crippen molar-refractivity contribution in [2.24, 2.45) is 0 Å². The fraction of sp³-hybridized carbons (Fsp3) is 0.421. The van der Waals surface area contributed by atoms with Crippen LogP contribution in [0, 0.1) is 0 Å². The van der Waals surface area contributed by atoms with Crippen molar-refractivity contribution < 1.29 is 31.2 Å². The number of carbonyl (C=O) groups is 2. The summed E-state index contributed by atoms with van der Waals surface area (Å²) in [6.45, 7) is 6.50. The Morgan fingerprint density at radius 3 is 2.28 bits per heavy atom. The minimum Gasteiger partial charge on any atom is -0.371 e. The van der Waals surface area contributed by atoms with Crippen LogP contribution in [0.25, 0.3) is 0 Å². The van der Waals surface area contributed by atoms with Crippen LogP contribution in [0.1, 0.15) is 36.1 Å². The molecular weight excluding hydrogens is 778 g/mol. The minimum absolute atomic E-state index is 0.0408. The third-order valence-electron chi connectivity index (χ3n) is 10.6. The number of nitrogens with one attached hydrogen (secondary N) is 3. The van der Waals surface area contributed by atoms with Gasteiger partial charge in [0.05, 0.1) is 23.8 Å². The molecule has 3 saturated heterocycles. The van der Waals surface area contributed by atoms with Crippen LogP contribution in [0.2, 0.25) is 0 Å². The largest absolute Gasteiger partial charge is 0.421 e. The number of piperazine rings is 1. The standard InChI is InChI=1S/C38H45F3N12O4S/c1-49(58(2,56)57)35-26(4-3-14-42-35)22-44-34-32(38(39,40)41)24-45-36(48-34)46-27-5-8-29(9-6-27)51-15-11-30(12-16-51)52-20-18-50(19-21-52)25-28-7-10-31(23-43-28)53-17-13-33(54)47-37(53)55/h3-10,14,23-24,30H,11-13,15-22,25H2,1-2H3,(H,47,54,55)(H2,44,45,46,48).